The quantitative estimate of drug-likeness (QED) is 0.646. The zero-order chi connectivity index (χ0) is 21.1. The van der Waals surface area contributed by atoms with Gasteiger partial charge in [-0.3, -0.25) is 9.48 Å². The third-order valence-electron chi connectivity index (χ3n) is 4.93. The van der Waals surface area contributed by atoms with Crippen molar-refractivity contribution >= 4 is 23.3 Å². The number of aromatic nitrogens is 3. The van der Waals surface area contributed by atoms with Crippen LogP contribution >= 0.6 is 11.6 Å². The first-order chi connectivity index (χ1) is 14.5. The van der Waals surface area contributed by atoms with E-state index in [1.54, 1.807) is 10.9 Å². The van der Waals surface area contributed by atoms with Crippen LogP contribution < -0.4 is 5.32 Å². The number of halogens is 1. The molecule has 0 aliphatic carbocycles. The lowest BCUT2D eigenvalue weighted by atomic mass is 10.1. The van der Waals surface area contributed by atoms with Gasteiger partial charge in [0.05, 0.1) is 23.9 Å². The van der Waals surface area contributed by atoms with E-state index in [1.165, 1.54) is 11.8 Å². The number of carbonyl (C=O) groups is 1. The van der Waals surface area contributed by atoms with Gasteiger partial charge in [-0.25, -0.2) is 4.98 Å². The minimum Gasteiger partial charge on any atom is -0.379 e. The Morgan fingerprint density at radius 2 is 1.97 bits per heavy atom. The summed E-state index contributed by atoms with van der Waals surface area (Å²) in [6.45, 7) is 5.08. The second-order valence-electron chi connectivity index (χ2n) is 7.26. The number of benzene rings is 1. The first-order valence-corrected chi connectivity index (χ1v) is 10.1. The predicted molar refractivity (Wildman–Crippen MR) is 116 cm³/mol. The van der Waals surface area contributed by atoms with Gasteiger partial charge in [-0.05, 0) is 44.0 Å². The van der Waals surface area contributed by atoms with Gasteiger partial charge in [-0.1, -0.05) is 41.1 Å². The van der Waals surface area contributed by atoms with Gasteiger partial charge in [0, 0.05) is 23.9 Å². The van der Waals surface area contributed by atoms with Crippen molar-refractivity contribution in [3.8, 4) is 11.8 Å². The Bertz CT molecular complexity index is 1140. The number of amides is 1. The number of carbonyl (C=O) groups excluding carboxylic acids is 1. The molecule has 1 N–H and O–H groups in total. The number of aryl methyl sites for hydroxylation is 2. The molecule has 1 saturated heterocycles. The highest BCUT2D eigenvalue weighted by molar-refractivity contribution is 6.34. The molecule has 1 atom stereocenters. The van der Waals surface area contributed by atoms with E-state index in [0.717, 1.165) is 23.1 Å². The Kier molecular flexibility index (Phi) is 5.84. The predicted octanol–water partition coefficient (Wildman–Crippen LogP) is 4.16. The van der Waals surface area contributed by atoms with E-state index in [9.17, 15) is 4.79 Å². The van der Waals surface area contributed by atoms with Gasteiger partial charge >= 0.3 is 0 Å². The average molecular weight is 421 g/mol. The summed E-state index contributed by atoms with van der Waals surface area (Å²) in [7, 11) is 0. The molecule has 7 heteroatoms. The van der Waals surface area contributed by atoms with E-state index in [-0.39, 0.29) is 11.9 Å². The van der Waals surface area contributed by atoms with E-state index >= 15 is 0 Å². The molecule has 152 valence electrons. The van der Waals surface area contributed by atoms with Crippen molar-refractivity contribution in [1.29, 1.82) is 0 Å². The number of hydrogen-bond acceptors (Lipinski definition) is 4. The van der Waals surface area contributed by atoms with Crippen LogP contribution in [0.5, 0.6) is 0 Å². The van der Waals surface area contributed by atoms with Gasteiger partial charge in [-0.15, -0.1) is 0 Å². The largest absolute Gasteiger partial charge is 0.379 e. The molecule has 4 rings (SSSR count). The zero-order valence-corrected chi connectivity index (χ0v) is 17.5. The van der Waals surface area contributed by atoms with Crippen molar-refractivity contribution in [1.82, 2.24) is 14.8 Å². The fraction of sp³-hybridized carbons (Fsp3) is 0.261. The van der Waals surface area contributed by atoms with Crippen molar-refractivity contribution < 1.29 is 9.53 Å². The lowest BCUT2D eigenvalue weighted by Gasteiger charge is -2.13. The second-order valence-corrected chi connectivity index (χ2v) is 7.67. The summed E-state index contributed by atoms with van der Waals surface area (Å²) in [5.41, 5.74) is 4.04. The molecule has 0 radical (unpaired) electrons. The van der Waals surface area contributed by atoms with Gasteiger partial charge in [0.2, 0.25) is 0 Å². The molecule has 0 saturated carbocycles. The van der Waals surface area contributed by atoms with Crippen LogP contribution in [0.4, 0.5) is 5.82 Å². The molecule has 30 heavy (non-hydrogen) atoms. The molecule has 0 spiro atoms. The molecule has 1 aromatic carbocycles. The maximum Gasteiger partial charge on any atom is 0.276 e. The van der Waals surface area contributed by atoms with Crippen LogP contribution in [0.2, 0.25) is 5.02 Å². The van der Waals surface area contributed by atoms with Gasteiger partial charge in [0.25, 0.3) is 5.91 Å². The van der Waals surface area contributed by atoms with Crippen LogP contribution in [-0.4, -0.2) is 33.9 Å². The van der Waals surface area contributed by atoms with Crippen LogP contribution in [-0.2, 0) is 4.74 Å². The van der Waals surface area contributed by atoms with Crippen LogP contribution in [0.25, 0.3) is 0 Å². The monoisotopic (exact) mass is 420 g/mol. The summed E-state index contributed by atoms with van der Waals surface area (Å²) in [6, 6.07) is 9.93. The van der Waals surface area contributed by atoms with Crippen molar-refractivity contribution in [2.24, 2.45) is 0 Å². The number of anilines is 1. The number of pyridine rings is 1. The summed E-state index contributed by atoms with van der Waals surface area (Å²) in [5, 5.41) is 7.40. The third-order valence-corrected chi connectivity index (χ3v) is 5.21. The SMILES string of the molecule is Cc1ccc(C#Cc2cnc(NC(=O)c3c(Cl)cnn3C3CCOC3)c(C)c2)cc1. The minimum absolute atomic E-state index is 0.00623. The Morgan fingerprint density at radius 1 is 1.20 bits per heavy atom. The number of rotatable bonds is 3. The maximum atomic E-state index is 12.9. The first-order valence-electron chi connectivity index (χ1n) is 9.68. The van der Waals surface area contributed by atoms with E-state index in [1.807, 2.05) is 44.2 Å². The second kappa shape index (κ2) is 8.70. The molecule has 3 heterocycles. The first kappa shape index (κ1) is 20.1. The van der Waals surface area contributed by atoms with Crippen molar-refractivity contribution in [2.75, 3.05) is 18.5 Å². The molecular formula is C23H21ClN4O2. The Labute approximate surface area is 180 Å². The summed E-state index contributed by atoms with van der Waals surface area (Å²) in [5.74, 6) is 6.35. The molecule has 1 fully saturated rings. The Balaban J connectivity index is 1.51. The molecule has 1 unspecified atom stereocenters. The number of nitrogens with one attached hydrogen (secondary N) is 1. The Hall–Kier alpha value is -3.14. The standard InChI is InChI=1S/C23H21ClN4O2/c1-15-3-5-17(6-4-15)7-8-18-11-16(2)22(25-12-18)27-23(29)21-20(24)13-26-28(21)19-9-10-30-14-19/h3-6,11-13,19H,9-10,14H2,1-2H3,(H,25,27,29). The van der Waals surface area contributed by atoms with Crippen LogP contribution in [0, 0.1) is 25.7 Å². The smallest absolute Gasteiger partial charge is 0.276 e. The molecule has 0 bridgehead atoms. The van der Waals surface area contributed by atoms with Gasteiger partial charge in [0.1, 0.15) is 11.5 Å². The topological polar surface area (TPSA) is 69.0 Å². The van der Waals surface area contributed by atoms with Crippen LogP contribution in [0.3, 0.4) is 0 Å². The van der Waals surface area contributed by atoms with Crippen LogP contribution in [0.1, 0.15) is 45.2 Å². The average Bonchev–Trinajstić information content (AvgIpc) is 3.39. The highest BCUT2D eigenvalue weighted by atomic mass is 35.5. The summed E-state index contributed by atoms with van der Waals surface area (Å²) >= 11 is 6.24. The molecule has 1 aliphatic heterocycles. The maximum absolute atomic E-state index is 12.9. The van der Waals surface area contributed by atoms with Crippen molar-refractivity contribution in [3.05, 3.63) is 75.7 Å². The van der Waals surface area contributed by atoms with Crippen LogP contribution in [0.15, 0.2) is 42.7 Å². The van der Waals surface area contributed by atoms with Crippen molar-refractivity contribution in [2.45, 2.75) is 26.3 Å². The lowest BCUT2D eigenvalue weighted by Crippen LogP contribution is -2.22. The molecule has 1 aliphatic rings. The molecule has 1 amide bonds. The highest BCUT2D eigenvalue weighted by Gasteiger charge is 2.26. The van der Waals surface area contributed by atoms with Gasteiger partial charge in [-0.2, -0.15) is 5.10 Å². The molecular weight excluding hydrogens is 400 g/mol. The fourth-order valence-electron chi connectivity index (χ4n) is 3.27. The molecule has 6 nitrogen and oxygen atoms in total. The van der Waals surface area contributed by atoms with Gasteiger partial charge in [0.15, 0.2) is 0 Å². The van der Waals surface area contributed by atoms with E-state index in [2.05, 4.69) is 27.2 Å². The number of nitrogens with zero attached hydrogens (tertiary/aromatic N) is 3. The van der Waals surface area contributed by atoms with E-state index < -0.39 is 0 Å². The number of ether oxygens (including phenoxy) is 1. The van der Waals surface area contributed by atoms with E-state index in [0.29, 0.717) is 29.7 Å². The molecule has 2 aromatic heterocycles. The molecule has 3 aromatic rings. The third kappa shape index (κ3) is 4.38. The lowest BCUT2D eigenvalue weighted by molar-refractivity contribution is 0.101. The van der Waals surface area contributed by atoms with Crippen molar-refractivity contribution in [3.63, 3.8) is 0 Å². The summed E-state index contributed by atoms with van der Waals surface area (Å²) in [4.78, 5) is 17.3. The fourth-order valence-corrected chi connectivity index (χ4v) is 3.48. The summed E-state index contributed by atoms with van der Waals surface area (Å²) < 4.78 is 7.05. The summed E-state index contributed by atoms with van der Waals surface area (Å²) in [6.07, 6.45) is 3.93. The number of hydrogen-bond donors (Lipinski definition) is 1. The van der Waals surface area contributed by atoms with Gasteiger partial charge < -0.3 is 10.1 Å². The Morgan fingerprint density at radius 3 is 2.67 bits per heavy atom. The minimum atomic E-state index is -0.349. The normalized spacial score (nSPS) is 15.5. The van der Waals surface area contributed by atoms with E-state index in [4.69, 9.17) is 16.3 Å². The zero-order valence-electron chi connectivity index (χ0n) is 16.8. The highest BCUT2D eigenvalue weighted by Crippen LogP contribution is 2.25.